The van der Waals surface area contributed by atoms with E-state index in [-0.39, 0.29) is 23.9 Å². The molecule has 7 nitrogen and oxygen atoms in total. The first kappa shape index (κ1) is 26.9. The van der Waals surface area contributed by atoms with Gasteiger partial charge in [-0.15, -0.1) is 11.3 Å². The molecular formula is C27H38ClN5O2S. The van der Waals surface area contributed by atoms with Gasteiger partial charge in [0.25, 0.3) is 5.91 Å². The minimum Gasteiger partial charge on any atom is -0.376 e. The minimum atomic E-state index is -0.499. The van der Waals surface area contributed by atoms with Crippen LogP contribution in [0.3, 0.4) is 0 Å². The molecule has 0 radical (unpaired) electrons. The lowest BCUT2D eigenvalue weighted by Crippen LogP contribution is -2.52. The number of amides is 2. The number of piperidine rings is 1. The van der Waals surface area contributed by atoms with Crippen LogP contribution < -0.4 is 16.0 Å². The maximum atomic E-state index is 13.3. The number of aryl methyl sites for hydroxylation is 1. The van der Waals surface area contributed by atoms with E-state index in [9.17, 15) is 9.59 Å². The third-order valence-electron chi connectivity index (χ3n) is 7.43. The van der Waals surface area contributed by atoms with Crippen molar-refractivity contribution in [2.24, 2.45) is 5.92 Å². The number of hydrogen-bond acceptors (Lipinski definition) is 6. The van der Waals surface area contributed by atoms with Crippen molar-refractivity contribution in [2.75, 3.05) is 25.5 Å². The Morgan fingerprint density at radius 3 is 2.64 bits per heavy atom. The Balaban J connectivity index is 1.39. The second-order valence-corrected chi connectivity index (χ2v) is 11.9. The van der Waals surface area contributed by atoms with Gasteiger partial charge in [0.05, 0.1) is 27.3 Å². The average Bonchev–Trinajstić information content (AvgIpc) is 3.55. The van der Waals surface area contributed by atoms with Crippen molar-refractivity contribution in [1.82, 2.24) is 20.5 Å². The highest BCUT2D eigenvalue weighted by Crippen LogP contribution is 2.30. The number of carbonyl (C=O) groups excluding carboxylic acids is 2. The molecule has 9 heteroatoms. The van der Waals surface area contributed by atoms with Gasteiger partial charge in [-0.3, -0.25) is 14.6 Å². The average molecular weight is 532 g/mol. The smallest absolute Gasteiger partial charge is 0.262 e. The monoisotopic (exact) mass is 531 g/mol. The molecule has 2 aliphatic rings. The summed E-state index contributed by atoms with van der Waals surface area (Å²) in [5.74, 6) is 0.275. The predicted octanol–water partition coefficient (Wildman–Crippen LogP) is 5.17. The molecule has 2 atom stereocenters. The van der Waals surface area contributed by atoms with Crippen LogP contribution in [0.5, 0.6) is 0 Å². The molecule has 0 bridgehead atoms. The van der Waals surface area contributed by atoms with Crippen LogP contribution in [0.15, 0.2) is 24.4 Å². The lowest BCUT2D eigenvalue weighted by Gasteiger charge is -2.31. The Morgan fingerprint density at radius 2 is 1.92 bits per heavy atom. The van der Waals surface area contributed by atoms with Gasteiger partial charge in [-0.05, 0) is 77.4 Å². The van der Waals surface area contributed by atoms with Crippen LogP contribution in [0, 0.1) is 12.8 Å². The zero-order chi connectivity index (χ0) is 25.7. The van der Waals surface area contributed by atoms with E-state index in [1.54, 1.807) is 6.20 Å². The molecule has 4 rings (SSSR count). The van der Waals surface area contributed by atoms with Crippen LogP contribution >= 0.6 is 22.9 Å². The molecule has 3 heterocycles. The fraction of sp³-hybridized carbons (Fsp3) is 0.593. The Bertz CT molecular complexity index is 1050. The van der Waals surface area contributed by atoms with Gasteiger partial charge in [0.1, 0.15) is 6.04 Å². The summed E-state index contributed by atoms with van der Waals surface area (Å²) in [6.07, 6.45) is 8.94. The Hall–Kier alpha value is -2.16. The first-order valence-electron chi connectivity index (χ1n) is 13.1. The van der Waals surface area contributed by atoms with E-state index < -0.39 is 6.04 Å². The lowest BCUT2D eigenvalue weighted by molar-refractivity contribution is -0.124. The quantitative estimate of drug-likeness (QED) is 0.415. The van der Waals surface area contributed by atoms with Crippen LogP contribution in [0.4, 0.5) is 5.69 Å². The number of carbonyl (C=O) groups is 2. The molecule has 196 valence electrons. The molecule has 3 N–H and O–H groups in total. The standard InChI is InChI=1S/C27H38ClN5O2S/c1-17-22(15-20(28)16-29-17)30-18(2)24-8-9-25(36-24)27(35)32-23(14-19-6-4-5-7-19)26(34)31-21-10-12-33(3)13-11-21/h8-9,15-16,18-19,21,23,30H,4-7,10-14H2,1-3H3,(H,31,34)(H,32,35). The highest BCUT2D eigenvalue weighted by Gasteiger charge is 2.29. The summed E-state index contributed by atoms with van der Waals surface area (Å²) in [6, 6.07) is 5.34. The number of halogens is 1. The minimum absolute atomic E-state index is 0.0162. The second kappa shape index (κ2) is 12.4. The number of likely N-dealkylation sites (tertiary alicyclic amines) is 1. The third kappa shape index (κ3) is 7.20. The van der Waals surface area contributed by atoms with Crippen LogP contribution in [-0.4, -0.2) is 53.9 Å². The maximum absolute atomic E-state index is 13.3. The van der Waals surface area contributed by atoms with Gasteiger partial charge in [-0.1, -0.05) is 37.3 Å². The van der Waals surface area contributed by atoms with Gasteiger partial charge in [-0.2, -0.15) is 0 Å². The number of rotatable bonds is 9. The molecule has 1 saturated carbocycles. The van der Waals surface area contributed by atoms with Gasteiger partial charge in [0.15, 0.2) is 0 Å². The number of anilines is 1. The van der Waals surface area contributed by atoms with Crippen LogP contribution in [0.25, 0.3) is 0 Å². The number of aromatic nitrogens is 1. The van der Waals surface area contributed by atoms with Crippen molar-refractivity contribution in [3.63, 3.8) is 0 Å². The van der Waals surface area contributed by atoms with Crippen molar-refractivity contribution in [2.45, 2.75) is 76.9 Å². The molecule has 2 unspecified atom stereocenters. The maximum Gasteiger partial charge on any atom is 0.262 e. The van der Waals surface area contributed by atoms with Crippen LogP contribution in [0.2, 0.25) is 5.02 Å². The molecule has 36 heavy (non-hydrogen) atoms. The van der Waals surface area contributed by atoms with Crippen molar-refractivity contribution in [3.05, 3.63) is 44.9 Å². The van der Waals surface area contributed by atoms with Gasteiger partial charge in [-0.25, -0.2) is 0 Å². The van der Waals surface area contributed by atoms with Gasteiger partial charge in [0, 0.05) is 17.1 Å². The third-order valence-corrected chi connectivity index (χ3v) is 8.91. The fourth-order valence-electron chi connectivity index (χ4n) is 5.16. The molecule has 2 amide bonds. The Morgan fingerprint density at radius 1 is 1.19 bits per heavy atom. The van der Waals surface area contributed by atoms with E-state index in [4.69, 9.17) is 11.6 Å². The predicted molar refractivity (Wildman–Crippen MR) is 147 cm³/mol. The van der Waals surface area contributed by atoms with Crippen LogP contribution in [-0.2, 0) is 4.79 Å². The molecule has 1 saturated heterocycles. The molecule has 2 aromatic rings. The zero-order valence-corrected chi connectivity index (χ0v) is 23.1. The topological polar surface area (TPSA) is 86.4 Å². The van der Waals surface area contributed by atoms with Crippen molar-refractivity contribution < 1.29 is 9.59 Å². The summed E-state index contributed by atoms with van der Waals surface area (Å²) in [4.78, 5) is 34.7. The molecular weight excluding hydrogens is 494 g/mol. The lowest BCUT2D eigenvalue weighted by atomic mass is 9.97. The fourth-order valence-corrected chi connectivity index (χ4v) is 6.23. The number of nitrogens with one attached hydrogen (secondary N) is 3. The molecule has 2 fully saturated rings. The van der Waals surface area contributed by atoms with Gasteiger partial charge >= 0.3 is 0 Å². The van der Waals surface area contributed by atoms with Crippen molar-refractivity contribution >= 4 is 40.4 Å². The van der Waals surface area contributed by atoms with Gasteiger partial charge < -0.3 is 20.9 Å². The van der Waals surface area contributed by atoms with E-state index >= 15 is 0 Å². The molecule has 1 aliphatic heterocycles. The molecule has 0 aromatic carbocycles. The number of hydrogen-bond donors (Lipinski definition) is 3. The van der Waals surface area contributed by atoms with Crippen molar-refractivity contribution in [1.29, 1.82) is 0 Å². The number of nitrogens with zero attached hydrogens (tertiary/aromatic N) is 2. The summed E-state index contributed by atoms with van der Waals surface area (Å²) in [6.45, 7) is 5.95. The normalized spacial score (nSPS) is 19.1. The largest absolute Gasteiger partial charge is 0.376 e. The highest BCUT2D eigenvalue weighted by molar-refractivity contribution is 7.14. The summed E-state index contributed by atoms with van der Waals surface area (Å²) < 4.78 is 0. The van der Waals surface area contributed by atoms with E-state index in [1.165, 1.54) is 24.2 Å². The number of thiophene rings is 1. The SMILES string of the molecule is Cc1ncc(Cl)cc1NC(C)c1ccc(C(=O)NC(CC2CCCC2)C(=O)NC2CCN(C)CC2)s1. The van der Waals surface area contributed by atoms with Crippen molar-refractivity contribution in [3.8, 4) is 0 Å². The van der Waals surface area contributed by atoms with E-state index in [0.717, 1.165) is 55.0 Å². The van der Waals surface area contributed by atoms with Crippen LogP contribution in [0.1, 0.15) is 78.2 Å². The summed E-state index contributed by atoms with van der Waals surface area (Å²) in [5, 5.41) is 10.3. The Kier molecular flexibility index (Phi) is 9.25. The van der Waals surface area contributed by atoms with E-state index in [2.05, 4.69) is 32.9 Å². The summed E-state index contributed by atoms with van der Waals surface area (Å²) in [5.41, 5.74) is 1.74. The first-order valence-corrected chi connectivity index (χ1v) is 14.3. The highest BCUT2D eigenvalue weighted by atomic mass is 35.5. The van der Waals surface area contributed by atoms with E-state index in [0.29, 0.717) is 22.2 Å². The molecule has 1 aliphatic carbocycles. The second-order valence-electron chi connectivity index (χ2n) is 10.4. The summed E-state index contributed by atoms with van der Waals surface area (Å²) >= 11 is 7.55. The molecule has 0 spiro atoms. The van der Waals surface area contributed by atoms with Gasteiger partial charge in [0.2, 0.25) is 5.91 Å². The molecule has 2 aromatic heterocycles. The Labute approximate surface area is 223 Å². The zero-order valence-electron chi connectivity index (χ0n) is 21.5. The van der Waals surface area contributed by atoms with E-state index in [1.807, 2.05) is 32.0 Å². The number of pyridine rings is 1. The first-order chi connectivity index (χ1) is 17.3. The summed E-state index contributed by atoms with van der Waals surface area (Å²) in [7, 11) is 2.11.